The molecule has 0 unspecified atom stereocenters. The molecule has 1 heterocycles. The molecule has 114 valence electrons. The van der Waals surface area contributed by atoms with E-state index in [1.165, 1.54) is 6.08 Å². The Labute approximate surface area is 143 Å². The Hall–Kier alpha value is -2.36. The minimum absolute atomic E-state index is 0.242. The molecule has 0 aliphatic carbocycles. The Bertz CT molecular complexity index is 906. The van der Waals surface area contributed by atoms with E-state index >= 15 is 0 Å². The minimum atomic E-state index is -0.242. The molecule has 1 amide bonds. The Kier molecular flexibility index (Phi) is 4.60. The molecule has 1 aromatic heterocycles. The number of amides is 1. The Balaban J connectivity index is 1.72. The second-order valence-corrected chi connectivity index (χ2v) is 5.73. The first kappa shape index (κ1) is 15.5. The van der Waals surface area contributed by atoms with Gasteiger partial charge in [-0.3, -0.25) is 9.78 Å². The van der Waals surface area contributed by atoms with Gasteiger partial charge >= 0.3 is 0 Å². The normalized spacial score (nSPS) is 11.0. The Morgan fingerprint density at radius 3 is 2.70 bits per heavy atom. The van der Waals surface area contributed by atoms with Gasteiger partial charge in [0.15, 0.2) is 0 Å². The van der Waals surface area contributed by atoms with Crippen LogP contribution in [0.4, 0.5) is 5.69 Å². The van der Waals surface area contributed by atoms with Gasteiger partial charge in [-0.05, 0) is 35.9 Å². The van der Waals surface area contributed by atoms with Crippen LogP contribution in [-0.2, 0) is 4.79 Å². The third-order valence-corrected chi connectivity index (χ3v) is 3.97. The van der Waals surface area contributed by atoms with Crippen LogP contribution in [0.1, 0.15) is 5.56 Å². The molecule has 0 radical (unpaired) electrons. The summed E-state index contributed by atoms with van der Waals surface area (Å²) in [6.45, 7) is 0. The Morgan fingerprint density at radius 2 is 1.87 bits per heavy atom. The van der Waals surface area contributed by atoms with E-state index in [0.717, 1.165) is 16.5 Å². The molecule has 0 fully saturated rings. The van der Waals surface area contributed by atoms with Crippen molar-refractivity contribution in [1.29, 1.82) is 0 Å². The topological polar surface area (TPSA) is 42.0 Å². The number of benzene rings is 2. The van der Waals surface area contributed by atoms with Gasteiger partial charge < -0.3 is 5.32 Å². The number of anilines is 1. The quantitative estimate of drug-likeness (QED) is 0.665. The van der Waals surface area contributed by atoms with Crippen molar-refractivity contribution >= 4 is 51.8 Å². The highest BCUT2D eigenvalue weighted by Gasteiger charge is 2.01. The number of hydrogen-bond acceptors (Lipinski definition) is 2. The first-order chi connectivity index (χ1) is 11.1. The smallest absolute Gasteiger partial charge is 0.248 e. The van der Waals surface area contributed by atoms with Crippen LogP contribution in [0.2, 0.25) is 10.0 Å². The SMILES string of the molecule is O=C(C=Cc1ccc(Cl)c(Cl)c1)Nc1cnc2ccccc2c1. The van der Waals surface area contributed by atoms with Crippen LogP contribution in [0.25, 0.3) is 17.0 Å². The number of para-hydroxylation sites is 1. The van der Waals surface area contributed by atoms with Gasteiger partial charge in [-0.15, -0.1) is 0 Å². The summed E-state index contributed by atoms with van der Waals surface area (Å²) in [6, 6.07) is 14.8. The summed E-state index contributed by atoms with van der Waals surface area (Å²) >= 11 is 11.8. The van der Waals surface area contributed by atoms with Crippen molar-refractivity contribution in [3.05, 3.63) is 76.4 Å². The van der Waals surface area contributed by atoms with Crippen molar-refractivity contribution in [3.8, 4) is 0 Å². The summed E-state index contributed by atoms with van der Waals surface area (Å²) in [4.78, 5) is 16.3. The van der Waals surface area contributed by atoms with E-state index < -0.39 is 0 Å². The van der Waals surface area contributed by atoms with E-state index in [4.69, 9.17) is 23.2 Å². The van der Waals surface area contributed by atoms with Crippen LogP contribution in [0.5, 0.6) is 0 Å². The minimum Gasteiger partial charge on any atom is -0.321 e. The maximum atomic E-state index is 12.0. The monoisotopic (exact) mass is 342 g/mol. The maximum Gasteiger partial charge on any atom is 0.248 e. The molecule has 0 aliphatic heterocycles. The zero-order valence-electron chi connectivity index (χ0n) is 12.0. The van der Waals surface area contributed by atoms with E-state index in [1.54, 1.807) is 30.5 Å². The van der Waals surface area contributed by atoms with E-state index in [2.05, 4.69) is 10.3 Å². The molecule has 0 atom stereocenters. The van der Waals surface area contributed by atoms with E-state index in [1.807, 2.05) is 30.3 Å². The van der Waals surface area contributed by atoms with Crippen molar-refractivity contribution in [2.45, 2.75) is 0 Å². The second-order valence-electron chi connectivity index (χ2n) is 4.91. The van der Waals surface area contributed by atoms with Gasteiger partial charge in [0.1, 0.15) is 0 Å². The van der Waals surface area contributed by atoms with Crippen molar-refractivity contribution in [3.63, 3.8) is 0 Å². The van der Waals surface area contributed by atoms with Crippen LogP contribution in [0.3, 0.4) is 0 Å². The molecule has 3 nitrogen and oxygen atoms in total. The lowest BCUT2D eigenvalue weighted by molar-refractivity contribution is -0.111. The van der Waals surface area contributed by atoms with Crippen molar-refractivity contribution in [2.24, 2.45) is 0 Å². The van der Waals surface area contributed by atoms with Crippen LogP contribution in [0.15, 0.2) is 60.8 Å². The molecule has 0 bridgehead atoms. The van der Waals surface area contributed by atoms with Gasteiger partial charge in [0.2, 0.25) is 5.91 Å². The molecule has 3 rings (SSSR count). The molecular weight excluding hydrogens is 331 g/mol. The molecule has 23 heavy (non-hydrogen) atoms. The molecule has 5 heteroatoms. The van der Waals surface area contributed by atoms with Crippen molar-refractivity contribution < 1.29 is 4.79 Å². The van der Waals surface area contributed by atoms with E-state index in [-0.39, 0.29) is 5.91 Å². The largest absolute Gasteiger partial charge is 0.321 e. The fraction of sp³-hybridized carbons (Fsp3) is 0. The lowest BCUT2D eigenvalue weighted by Crippen LogP contribution is -2.07. The number of halogens is 2. The first-order valence-electron chi connectivity index (χ1n) is 6.91. The lowest BCUT2D eigenvalue weighted by atomic mass is 10.2. The third-order valence-electron chi connectivity index (χ3n) is 3.23. The predicted octanol–water partition coefficient (Wildman–Crippen LogP) is 5.19. The van der Waals surface area contributed by atoms with E-state index in [9.17, 15) is 4.79 Å². The zero-order chi connectivity index (χ0) is 16.2. The van der Waals surface area contributed by atoms with Crippen LogP contribution in [-0.4, -0.2) is 10.9 Å². The fourth-order valence-electron chi connectivity index (χ4n) is 2.11. The number of nitrogens with one attached hydrogen (secondary N) is 1. The highest BCUT2D eigenvalue weighted by atomic mass is 35.5. The highest BCUT2D eigenvalue weighted by Crippen LogP contribution is 2.23. The van der Waals surface area contributed by atoms with Gasteiger partial charge in [-0.25, -0.2) is 0 Å². The van der Waals surface area contributed by atoms with Gasteiger partial charge in [0, 0.05) is 11.5 Å². The molecule has 0 aliphatic rings. The number of hydrogen-bond donors (Lipinski definition) is 1. The summed E-state index contributed by atoms with van der Waals surface area (Å²) in [5.74, 6) is -0.242. The van der Waals surface area contributed by atoms with Crippen LogP contribution < -0.4 is 5.32 Å². The van der Waals surface area contributed by atoms with Crippen LogP contribution >= 0.6 is 23.2 Å². The zero-order valence-corrected chi connectivity index (χ0v) is 13.5. The van der Waals surface area contributed by atoms with Gasteiger partial charge in [-0.2, -0.15) is 0 Å². The number of nitrogens with zero attached hydrogens (tertiary/aromatic N) is 1. The van der Waals surface area contributed by atoms with E-state index in [0.29, 0.717) is 15.7 Å². The summed E-state index contributed by atoms with van der Waals surface area (Å²) in [5.41, 5.74) is 2.33. The molecule has 0 spiro atoms. The van der Waals surface area contributed by atoms with Crippen molar-refractivity contribution in [2.75, 3.05) is 5.32 Å². The molecular formula is C18H12Cl2N2O. The first-order valence-corrected chi connectivity index (χ1v) is 7.66. The predicted molar refractivity (Wildman–Crippen MR) is 95.9 cm³/mol. The standard InChI is InChI=1S/C18H12Cl2N2O/c19-15-7-5-12(9-16(15)20)6-8-18(23)22-14-10-13-3-1-2-4-17(13)21-11-14/h1-11H,(H,22,23). The van der Waals surface area contributed by atoms with Gasteiger partial charge in [0.25, 0.3) is 0 Å². The number of fused-ring (bicyclic) bond motifs is 1. The van der Waals surface area contributed by atoms with Crippen LogP contribution in [0, 0.1) is 0 Å². The average molecular weight is 343 g/mol. The number of carbonyl (C=O) groups excluding carboxylic acids is 1. The second kappa shape index (κ2) is 6.82. The molecule has 3 aromatic rings. The average Bonchev–Trinajstić information content (AvgIpc) is 2.56. The summed E-state index contributed by atoms with van der Waals surface area (Å²) < 4.78 is 0. The number of rotatable bonds is 3. The molecule has 1 N–H and O–H groups in total. The lowest BCUT2D eigenvalue weighted by Gasteiger charge is -2.03. The van der Waals surface area contributed by atoms with Gasteiger partial charge in [0.05, 0.1) is 27.4 Å². The molecule has 0 saturated heterocycles. The highest BCUT2D eigenvalue weighted by molar-refractivity contribution is 6.42. The maximum absolute atomic E-state index is 12.0. The number of aromatic nitrogens is 1. The molecule has 0 saturated carbocycles. The fourth-order valence-corrected chi connectivity index (χ4v) is 2.42. The number of carbonyl (C=O) groups is 1. The summed E-state index contributed by atoms with van der Waals surface area (Å²) in [6.07, 6.45) is 4.74. The Morgan fingerprint density at radius 1 is 1.04 bits per heavy atom. The van der Waals surface area contributed by atoms with Crippen molar-refractivity contribution in [1.82, 2.24) is 4.98 Å². The molecule has 2 aromatic carbocycles. The number of pyridine rings is 1. The summed E-state index contributed by atoms with van der Waals surface area (Å²) in [7, 11) is 0. The van der Waals surface area contributed by atoms with Gasteiger partial charge in [-0.1, -0.05) is 47.5 Å². The summed E-state index contributed by atoms with van der Waals surface area (Å²) in [5, 5.41) is 4.69. The third kappa shape index (κ3) is 3.89.